The maximum Gasteiger partial charge on any atom is 0.254 e. The molecule has 2 heterocycles. The standard InChI is InChI=1S/C22H33N5O2/c1-17-5-6-18(15-20(17)23)22(29)27-9-7-24(8-10-27)16-21(28)26-13-11-25(12-14-26)19-3-2-4-19/h5-6,15,19H,2-4,7-14,16,23H2,1H3. The number of anilines is 1. The molecule has 29 heavy (non-hydrogen) atoms. The number of nitrogens with two attached hydrogens (primary N) is 1. The first-order valence-electron chi connectivity index (χ1n) is 10.9. The quantitative estimate of drug-likeness (QED) is 0.766. The predicted octanol–water partition coefficient (Wildman–Crippen LogP) is 1.03. The third-order valence-electron chi connectivity index (χ3n) is 6.80. The topological polar surface area (TPSA) is 73.1 Å². The van der Waals surface area contributed by atoms with E-state index in [9.17, 15) is 9.59 Å². The summed E-state index contributed by atoms with van der Waals surface area (Å²) in [7, 11) is 0. The van der Waals surface area contributed by atoms with Crippen molar-refractivity contribution in [3.8, 4) is 0 Å². The molecule has 1 saturated carbocycles. The molecule has 2 saturated heterocycles. The number of hydrogen-bond donors (Lipinski definition) is 1. The summed E-state index contributed by atoms with van der Waals surface area (Å²) < 4.78 is 0. The summed E-state index contributed by atoms with van der Waals surface area (Å²) in [5.41, 5.74) is 8.22. The van der Waals surface area contributed by atoms with Gasteiger partial charge in [0.25, 0.3) is 5.91 Å². The van der Waals surface area contributed by atoms with Crippen LogP contribution >= 0.6 is 0 Å². The highest BCUT2D eigenvalue weighted by Gasteiger charge is 2.30. The van der Waals surface area contributed by atoms with Gasteiger partial charge in [0.15, 0.2) is 0 Å². The lowest BCUT2D eigenvalue weighted by molar-refractivity contribution is -0.135. The lowest BCUT2D eigenvalue weighted by Gasteiger charge is -2.43. The number of aryl methyl sites for hydroxylation is 1. The molecule has 0 radical (unpaired) electrons. The second kappa shape index (κ2) is 8.71. The van der Waals surface area contributed by atoms with Crippen molar-refractivity contribution in [1.29, 1.82) is 0 Å². The van der Waals surface area contributed by atoms with Crippen molar-refractivity contribution in [2.24, 2.45) is 0 Å². The van der Waals surface area contributed by atoms with Crippen molar-refractivity contribution in [2.45, 2.75) is 32.2 Å². The zero-order valence-corrected chi connectivity index (χ0v) is 17.5. The number of nitrogen functional groups attached to an aromatic ring is 1. The number of piperazine rings is 2. The molecule has 2 amide bonds. The van der Waals surface area contributed by atoms with Gasteiger partial charge in [0.05, 0.1) is 6.54 Å². The maximum atomic E-state index is 12.7. The monoisotopic (exact) mass is 399 g/mol. The lowest BCUT2D eigenvalue weighted by Crippen LogP contribution is -2.56. The van der Waals surface area contributed by atoms with Crippen molar-refractivity contribution in [1.82, 2.24) is 19.6 Å². The van der Waals surface area contributed by atoms with Crippen LogP contribution in [0.2, 0.25) is 0 Å². The fourth-order valence-corrected chi connectivity index (χ4v) is 4.44. The van der Waals surface area contributed by atoms with E-state index in [1.807, 2.05) is 28.9 Å². The van der Waals surface area contributed by atoms with E-state index in [1.54, 1.807) is 6.07 Å². The van der Waals surface area contributed by atoms with Gasteiger partial charge in [-0.05, 0) is 37.5 Å². The van der Waals surface area contributed by atoms with Crippen LogP contribution in [0.3, 0.4) is 0 Å². The highest BCUT2D eigenvalue weighted by atomic mass is 16.2. The smallest absolute Gasteiger partial charge is 0.254 e. The van der Waals surface area contributed by atoms with Crippen molar-refractivity contribution < 1.29 is 9.59 Å². The number of benzene rings is 1. The van der Waals surface area contributed by atoms with Gasteiger partial charge in [-0.3, -0.25) is 19.4 Å². The van der Waals surface area contributed by atoms with E-state index in [0.717, 1.165) is 50.9 Å². The van der Waals surface area contributed by atoms with Gasteiger partial charge in [-0.25, -0.2) is 0 Å². The first kappa shape index (κ1) is 20.2. The third kappa shape index (κ3) is 4.56. The summed E-state index contributed by atoms with van der Waals surface area (Å²) in [6, 6.07) is 6.26. The Morgan fingerprint density at radius 3 is 2.21 bits per heavy atom. The number of amides is 2. The van der Waals surface area contributed by atoms with E-state index < -0.39 is 0 Å². The zero-order valence-electron chi connectivity index (χ0n) is 17.5. The Hall–Kier alpha value is -2.12. The molecule has 3 aliphatic rings. The zero-order chi connectivity index (χ0) is 20.4. The number of hydrogen-bond acceptors (Lipinski definition) is 5. The average molecular weight is 400 g/mol. The third-order valence-corrected chi connectivity index (χ3v) is 6.80. The molecule has 0 aromatic heterocycles. The summed E-state index contributed by atoms with van der Waals surface area (Å²) in [6.45, 7) is 8.89. The second-order valence-electron chi connectivity index (χ2n) is 8.64. The molecule has 2 aliphatic heterocycles. The Morgan fingerprint density at radius 2 is 1.62 bits per heavy atom. The molecule has 0 bridgehead atoms. The molecule has 3 fully saturated rings. The van der Waals surface area contributed by atoms with Gasteiger partial charge < -0.3 is 15.5 Å². The van der Waals surface area contributed by atoms with Gasteiger partial charge in [-0.1, -0.05) is 12.5 Å². The van der Waals surface area contributed by atoms with Gasteiger partial charge in [-0.2, -0.15) is 0 Å². The van der Waals surface area contributed by atoms with Crippen LogP contribution in [0.15, 0.2) is 18.2 Å². The van der Waals surface area contributed by atoms with E-state index in [2.05, 4.69) is 9.80 Å². The second-order valence-corrected chi connectivity index (χ2v) is 8.64. The van der Waals surface area contributed by atoms with Gasteiger partial charge in [-0.15, -0.1) is 0 Å². The number of rotatable bonds is 4. The van der Waals surface area contributed by atoms with Crippen molar-refractivity contribution in [3.05, 3.63) is 29.3 Å². The summed E-state index contributed by atoms with van der Waals surface area (Å²) in [4.78, 5) is 34.0. The minimum Gasteiger partial charge on any atom is -0.398 e. The largest absolute Gasteiger partial charge is 0.398 e. The van der Waals surface area contributed by atoms with Gasteiger partial charge >= 0.3 is 0 Å². The molecule has 0 atom stereocenters. The molecule has 1 aromatic rings. The summed E-state index contributed by atoms with van der Waals surface area (Å²) in [5, 5.41) is 0. The molecule has 0 spiro atoms. The molecular formula is C22H33N5O2. The van der Waals surface area contributed by atoms with Crippen LogP contribution in [0.4, 0.5) is 5.69 Å². The molecular weight excluding hydrogens is 366 g/mol. The van der Waals surface area contributed by atoms with Crippen molar-refractivity contribution in [3.63, 3.8) is 0 Å². The Labute approximate surface area is 173 Å². The lowest BCUT2D eigenvalue weighted by atomic mass is 9.91. The van der Waals surface area contributed by atoms with Crippen LogP contribution in [-0.4, -0.2) is 96.4 Å². The predicted molar refractivity (Wildman–Crippen MR) is 114 cm³/mol. The molecule has 7 nitrogen and oxygen atoms in total. The summed E-state index contributed by atoms with van der Waals surface area (Å²) >= 11 is 0. The van der Waals surface area contributed by atoms with Crippen LogP contribution in [0.25, 0.3) is 0 Å². The first-order chi connectivity index (χ1) is 14.0. The van der Waals surface area contributed by atoms with Gasteiger partial charge in [0, 0.05) is 69.7 Å². The molecule has 2 N–H and O–H groups in total. The van der Waals surface area contributed by atoms with E-state index in [-0.39, 0.29) is 11.8 Å². The number of nitrogens with zero attached hydrogens (tertiary/aromatic N) is 4. The fraction of sp³-hybridized carbons (Fsp3) is 0.636. The van der Waals surface area contributed by atoms with E-state index in [0.29, 0.717) is 30.9 Å². The van der Waals surface area contributed by atoms with Crippen LogP contribution in [0.1, 0.15) is 35.2 Å². The van der Waals surface area contributed by atoms with E-state index in [1.165, 1.54) is 19.3 Å². The van der Waals surface area contributed by atoms with Crippen LogP contribution in [-0.2, 0) is 4.79 Å². The minimum absolute atomic E-state index is 0.0230. The summed E-state index contributed by atoms with van der Waals surface area (Å²) in [5.74, 6) is 0.249. The Morgan fingerprint density at radius 1 is 0.966 bits per heavy atom. The van der Waals surface area contributed by atoms with Gasteiger partial charge in [0.2, 0.25) is 5.91 Å². The van der Waals surface area contributed by atoms with Crippen molar-refractivity contribution in [2.75, 3.05) is 64.6 Å². The SMILES string of the molecule is Cc1ccc(C(=O)N2CCN(CC(=O)N3CCN(C4CCC4)CC3)CC2)cc1N. The average Bonchev–Trinajstić information content (AvgIpc) is 2.69. The van der Waals surface area contributed by atoms with Crippen LogP contribution in [0, 0.1) is 6.92 Å². The highest BCUT2D eigenvalue weighted by molar-refractivity contribution is 5.95. The minimum atomic E-state index is 0.0230. The Bertz CT molecular complexity index is 748. The highest BCUT2D eigenvalue weighted by Crippen LogP contribution is 2.25. The molecule has 0 unspecified atom stereocenters. The molecule has 158 valence electrons. The maximum absolute atomic E-state index is 12.7. The van der Waals surface area contributed by atoms with E-state index in [4.69, 9.17) is 5.73 Å². The van der Waals surface area contributed by atoms with E-state index >= 15 is 0 Å². The summed E-state index contributed by atoms with van der Waals surface area (Å²) in [6.07, 6.45) is 4.01. The molecule has 1 aromatic carbocycles. The van der Waals surface area contributed by atoms with Gasteiger partial charge in [0.1, 0.15) is 0 Å². The first-order valence-corrected chi connectivity index (χ1v) is 10.9. The molecule has 7 heteroatoms. The fourth-order valence-electron chi connectivity index (χ4n) is 4.44. The number of carbonyl (C=O) groups is 2. The molecule has 4 rings (SSSR count). The normalized spacial score (nSPS) is 21.8. The Balaban J connectivity index is 1.22. The Kier molecular flexibility index (Phi) is 6.06. The van der Waals surface area contributed by atoms with Crippen LogP contribution in [0.5, 0.6) is 0 Å². The molecule has 1 aliphatic carbocycles. The van der Waals surface area contributed by atoms with Crippen LogP contribution < -0.4 is 5.73 Å². The number of carbonyl (C=O) groups excluding carboxylic acids is 2. The van der Waals surface area contributed by atoms with Crippen molar-refractivity contribution >= 4 is 17.5 Å².